The Morgan fingerprint density at radius 2 is 1.31 bits per heavy atom. The lowest BCUT2D eigenvalue weighted by Crippen LogP contribution is -2.45. The smallest absolute Gasteiger partial charge is 0.342 e. The molecule has 5 heteroatoms. The van der Waals surface area contributed by atoms with E-state index in [0.29, 0.717) is 17.7 Å². The van der Waals surface area contributed by atoms with Crippen molar-refractivity contribution in [3.05, 3.63) is 106 Å². The van der Waals surface area contributed by atoms with Gasteiger partial charge in [-0.15, -0.1) is 0 Å². The highest BCUT2D eigenvalue weighted by Gasteiger charge is 2.22. The van der Waals surface area contributed by atoms with Crippen LogP contribution in [0, 0.1) is 0 Å². The highest BCUT2D eigenvalue weighted by atomic mass is 16.4. The summed E-state index contributed by atoms with van der Waals surface area (Å²) < 4.78 is 5.68. The first kappa shape index (κ1) is 20.5. The molecule has 0 radical (unpaired) electrons. The van der Waals surface area contributed by atoms with Gasteiger partial charge in [0.05, 0.1) is 11.3 Å². The van der Waals surface area contributed by atoms with Crippen LogP contribution in [0.2, 0.25) is 0 Å². The largest absolute Gasteiger partial charge is 0.422 e. The van der Waals surface area contributed by atoms with Gasteiger partial charge < -0.3 is 9.73 Å². The lowest BCUT2D eigenvalue weighted by atomic mass is 10.1. The molecule has 1 N–H and O–H groups in total. The molecule has 1 aromatic heterocycles. The molecule has 5 nitrogen and oxygen atoms in total. The number of piperazine rings is 1. The van der Waals surface area contributed by atoms with Crippen LogP contribution in [0.1, 0.15) is 11.1 Å². The van der Waals surface area contributed by atoms with Crippen molar-refractivity contribution in [1.82, 2.24) is 9.80 Å². The van der Waals surface area contributed by atoms with Crippen LogP contribution in [0.3, 0.4) is 0 Å². The molecule has 1 aliphatic rings. The molecule has 0 unspecified atom stereocenters. The van der Waals surface area contributed by atoms with Crippen molar-refractivity contribution in [2.45, 2.75) is 13.1 Å². The molecular weight excluding hydrogens is 398 g/mol. The topological polar surface area (TPSA) is 48.7 Å². The fourth-order valence-electron chi connectivity index (χ4n) is 4.31. The van der Waals surface area contributed by atoms with Crippen LogP contribution >= 0.6 is 0 Å². The van der Waals surface area contributed by atoms with Crippen molar-refractivity contribution in [2.24, 2.45) is 0 Å². The van der Waals surface area contributed by atoms with Crippen molar-refractivity contribution in [1.29, 1.82) is 0 Å². The first-order valence-electron chi connectivity index (χ1n) is 11.1. The van der Waals surface area contributed by atoms with E-state index in [1.807, 2.05) is 54.6 Å². The minimum atomic E-state index is -0.270. The number of fused-ring (bicyclic) bond motifs is 1. The number of hydrogen-bond donors (Lipinski definition) is 1. The van der Waals surface area contributed by atoms with E-state index in [4.69, 9.17) is 4.42 Å². The third-order valence-corrected chi connectivity index (χ3v) is 6.05. The van der Waals surface area contributed by atoms with Gasteiger partial charge in [0.15, 0.2) is 0 Å². The predicted octanol–water partition coefficient (Wildman–Crippen LogP) is 4.85. The quantitative estimate of drug-likeness (QED) is 0.447. The number of rotatable bonds is 6. The maximum atomic E-state index is 13.0. The Balaban J connectivity index is 1.36. The molecule has 0 amide bonds. The van der Waals surface area contributed by atoms with Crippen molar-refractivity contribution < 1.29 is 4.42 Å². The van der Waals surface area contributed by atoms with E-state index >= 15 is 0 Å². The third kappa shape index (κ3) is 4.59. The van der Waals surface area contributed by atoms with Crippen LogP contribution < -0.4 is 10.9 Å². The standard InChI is InChI=1S/C27H27N3O2/c31-27-24(20-30-17-15-29(16-18-30)19-21-9-3-1-4-10-21)26(28-22-11-5-2-6-12-22)23-13-7-8-14-25(23)32-27/h1-14,28H,15-20H2. The zero-order valence-electron chi connectivity index (χ0n) is 18.0. The molecule has 1 aliphatic heterocycles. The zero-order chi connectivity index (χ0) is 21.8. The van der Waals surface area contributed by atoms with Gasteiger partial charge in [-0.2, -0.15) is 0 Å². The number of hydrogen-bond acceptors (Lipinski definition) is 5. The molecule has 4 aromatic rings. The highest BCUT2D eigenvalue weighted by Crippen LogP contribution is 2.29. The maximum absolute atomic E-state index is 13.0. The summed E-state index contributed by atoms with van der Waals surface area (Å²) >= 11 is 0. The van der Waals surface area contributed by atoms with Crippen LogP contribution in [0.5, 0.6) is 0 Å². The predicted molar refractivity (Wildman–Crippen MR) is 129 cm³/mol. The summed E-state index contributed by atoms with van der Waals surface area (Å²) in [5, 5.41) is 4.41. The van der Waals surface area contributed by atoms with Gasteiger partial charge in [0, 0.05) is 50.3 Å². The normalized spacial score (nSPS) is 15.1. The maximum Gasteiger partial charge on any atom is 0.342 e. The van der Waals surface area contributed by atoms with Crippen molar-refractivity contribution in [3.63, 3.8) is 0 Å². The summed E-state index contributed by atoms with van der Waals surface area (Å²) in [5.41, 5.74) is 4.16. The zero-order valence-corrected chi connectivity index (χ0v) is 18.0. The molecule has 0 atom stereocenters. The molecule has 1 fully saturated rings. The molecule has 1 saturated heterocycles. The monoisotopic (exact) mass is 425 g/mol. The Morgan fingerprint density at radius 1 is 0.719 bits per heavy atom. The lowest BCUT2D eigenvalue weighted by molar-refractivity contribution is 0.121. The molecule has 3 aromatic carbocycles. The molecule has 0 saturated carbocycles. The molecule has 5 rings (SSSR count). The molecular formula is C27H27N3O2. The van der Waals surface area contributed by atoms with Gasteiger partial charge >= 0.3 is 5.63 Å². The molecule has 32 heavy (non-hydrogen) atoms. The summed E-state index contributed by atoms with van der Waals surface area (Å²) in [7, 11) is 0. The summed E-state index contributed by atoms with van der Waals surface area (Å²) in [4.78, 5) is 17.8. The lowest BCUT2D eigenvalue weighted by Gasteiger charge is -2.34. The highest BCUT2D eigenvalue weighted by molar-refractivity contribution is 5.93. The van der Waals surface area contributed by atoms with Gasteiger partial charge in [-0.25, -0.2) is 4.79 Å². The summed E-state index contributed by atoms with van der Waals surface area (Å²) in [6, 6.07) is 28.3. The Kier molecular flexibility index (Phi) is 6.01. The van der Waals surface area contributed by atoms with Gasteiger partial charge in [-0.1, -0.05) is 60.7 Å². The minimum absolute atomic E-state index is 0.270. The first-order valence-corrected chi connectivity index (χ1v) is 11.1. The van der Waals surface area contributed by atoms with Gasteiger partial charge in [-0.05, 0) is 29.8 Å². The van der Waals surface area contributed by atoms with E-state index in [1.54, 1.807) is 0 Å². The molecule has 2 heterocycles. The summed E-state index contributed by atoms with van der Waals surface area (Å²) in [6.45, 7) is 5.34. The molecule has 162 valence electrons. The number of anilines is 2. The van der Waals surface area contributed by atoms with E-state index in [0.717, 1.165) is 49.5 Å². The van der Waals surface area contributed by atoms with Gasteiger partial charge in [0.1, 0.15) is 5.58 Å². The van der Waals surface area contributed by atoms with Crippen LogP contribution in [-0.2, 0) is 13.1 Å². The molecule has 0 spiro atoms. The minimum Gasteiger partial charge on any atom is -0.422 e. The summed E-state index contributed by atoms with van der Waals surface area (Å²) in [5.74, 6) is 0. The average Bonchev–Trinajstić information content (AvgIpc) is 2.84. The number of nitrogens with one attached hydrogen (secondary N) is 1. The van der Waals surface area contributed by atoms with E-state index in [-0.39, 0.29) is 5.63 Å². The van der Waals surface area contributed by atoms with Crippen LogP contribution in [0.25, 0.3) is 11.0 Å². The summed E-state index contributed by atoms with van der Waals surface area (Å²) in [6.07, 6.45) is 0. The van der Waals surface area contributed by atoms with Crippen LogP contribution in [-0.4, -0.2) is 36.0 Å². The fraction of sp³-hybridized carbons (Fsp3) is 0.222. The number of nitrogens with zero attached hydrogens (tertiary/aromatic N) is 2. The Hall–Kier alpha value is -3.41. The fourth-order valence-corrected chi connectivity index (χ4v) is 4.31. The van der Waals surface area contributed by atoms with Crippen molar-refractivity contribution in [3.8, 4) is 0 Å². The van der Waals surface area contributed by atoms with E-state index in [9.17, 15) is 4.79 Å². The first-order chi connectivity index (χ1) is 15.8. The second kappa shape index (κ2) is 9.39. The average molecular weight is 426 g/mol. The van der Waals surface area contributed by atoms with Crippen LogP contribution in [0.15, 0.2) is 94.1 Å². The SMILES string of the molecule is O=c1oc2ccccc2c(Nc2ccccc2)c1CN1CCN(Cc2ccccc2)CC1. The Bertz CT molecular complexity index is 1230. The van der Waals surface area contributed by atoms with E-state index in [1.165, 1.54) is 5.56 Å². The number of benzene rings is 3. The van der Waals surface area contributed by atoms with Crippen LogP contribution in [0.4, 0.5) is 11.4 Å². The second-order valence-electron chi connectivity index (χ2n) is 8.27. The number of para-hydroxylation sites is 2. The van der Waals surface area contributed by atoms with E-state index < -0.39 is 0 Å². The van der Waals surface area contributed by atoms with E-state index in [2.05, 4.69) is 45.4 Å². The Labute approximate surface area is 187 Å². The van der Waals surface area contributed by atoms with Crippen molar-refractivity contribution in [2.75, 3.05) is 31.5 Å². The van der Waals surface area contributed by atoms with Crippen molar-refractivity contribution >= 4 is 22.3 Å². The molecule has 0 bridgehead atoms. The van der Waals surface area contributed by atoms with Gasteiger partial charge in [0.25, 0.3) is 0 Å². The second-order valence-corrected chi connectivity index (χ2v) is 8.27. The Morgan fingerprint density at radius 3 is 2.03 bits per heavy atom. The van der Waals surface area contributed by atoms with Gasteiger partial charge in [-0.3, -0.25) is 9.80 Å². The van der Waals surface area contributed by atoms with Gasteiger partial charge in [0.2, 0.25) is 0 Å². The third-order valence-electron chi connectivity index (χ3n) is 6.05. The molecule has 0 aliphatic carbocycles.